The molecular formula is C18H23FN4O2. The third kappa shape index (κ3) is 4.95. The topological polar surface area (TPSA) is 71.7 Å². The molecule has 0 aliphatic heterocycles. The molecule has 1 unspecified atom stereocenters. The second-order valence-corrected chi connectivity index (χ2v) is 6.23. The van der Waals surface area contributed by atoms with Crippen LogP contribution in [0.5, 0.6) is 5.75 Å². The van der Waals surface area contributed by atoms with Crippen LogP contribution in [0, 0.1) is 11.7 Å². The van der Waals surface area contributed by atoms with Crippen LogP contribution in [0.4, 0.5) is 4.39 Å². The van der Waals surface area contributed by atoms with E-state index in [0.29, 0.717) is 30.8 Å². The van der Waals surface area contributed by atoms with Crippen molar-refractivity contribution in [2.75, 3.05) is 13.7 Å². The maximum atomic E-state index is 14.2. The number of aliphatic imine (C=N–C) groups is 1. The molecule has 2 aromatic rings. The molecule has 1 aliphatic rings. The molecule has 1 fully saturated rings. The highest BCUT2D eigenvalue weighted by Crippen LogP contribution is 2.30. The molecule has 0 bridgehead atoms. The summed E-state index contributed by atoms with van der Waals surface area (Å²) in [7, 11) is 1.68. The first-order valence-corrected chi connectivity index (χ1v) is 8.44. The van der Waals surface area contributed by atoms with E-state index in [1.165, 1.54) is 25.2 Å². The molecule has 7 heteroatoms. The highest BCUT2D eigenvalue weighted by molar-refractivity contribution is 5.80. The molecular weight excluding hydrogens is 323 g/mol. The molecule has 6 nitrogen and oxygen atoms in total. The molecule has 25 heavy (non-hydrogen) atoms. The number of benzene rings is 1. The van der Waals surface area contributed by atoms with E-state index in [1.807, 2.05) is 13.0 Å². The van der Waals surface area contributed by atoms with E-state index in [2.05, 4.69) is 20.8 Å². The van der Waals surface area contributed by atoms with Gasteiger partial charge in [-0.3, -0.25) is 4.99 Å². The normalized spacial score (nSPS) is 15.7. The maximum Gasteiger partial charge on any atom is 0.191 e. The highest BCUT2D eigenvalue weighted by Gasteiger charge is 2.22. The third-order valence-electron chi connectivity index (χ3n) is 4.13. The summed E-state index contributed by atoms with van der Waals surface area (Å²) in [5, 5.41) is 10.2. The average molecular weight is 346 g/mol. The summed E-state index contributed by atoms with van der Waals surface area (Å²) in [6.07, 6.45) is 3.88. The van der Waals surface area contributed by atoms with Gasteiger partial charge in [0, 0.05) is 13.1 Å². The zero-order chi connectivity index (χ0) is 17.6. The monoisotopic (exact) mass is 346 g/mol. The van der Waals surface area contributed by atoms with Crippen molar-refractivity contribution in [2.45, 2.75) is 32.4 Å². The van der Waals surface area contributed by atoms with Gasteiger partial charge in [-0.05, 0) is 43.4 Å². The Bertz CT molecular complexity index is 714. The Hall–Kier alpha value is -2.57. The predicted octanol–water partition coefficient (Wildman–Crippen LogP) is 3.03. The van der Waals surface area contributed by atoms with E-state index in [0.717, 1.165) is 11.3 Å². The lowest BCUT2D eigenvalue weighted by Gasteiger charge is -2.18. The number of guanidine groups is 1. The molecule has 0 saturated heterocycles. The van der Waals surface area contributed by atoms with Gasteiger partial charge in [0.1, 0.15) is 12.0 Å². The number of hydrogen-bond acceptors (Lipinski definition) is 4. The fourth-order valence-corrected chi connectivity index (χ4v) is 2.38. The van der Waals surface area contributed by atoms with Gasteiger partial charge in [-0.2, -0.15) is 0 Å². The van der Waals surface area contributed by atoms with Gasteiger partial charge in [-0.1, -0.05) is 11.2 Å². The Labute approximate surface area is 146 Å². The quantitative estimate of drug-likeness (QED) is 0.596. The van der Waals surface area contributed by atoms with Crippen molar-refractivity contribution in [3.05, 3.63) is 47.6 Å². The van der Waals surface area contributed by atoms with Crippen LogP contribution in [0.1, 0.15) is 37.1 Å². The Morgan fingerprint density at radius 2 is 2.28 bits per heavy atom. The molecule has 134 valence electrons. The summed E-state index contributed by atoms with van der Waals surface area (Å²) in [4.78, 5) is 4.17. The zero-order valence-electron chi connectivity index (χ0n) is 14.5. The second kappa shape index (κ2) is 8.00. The first kappa shape index (κ1) is 17.3. The third-order valence-corrected chi connectivity index (χ3v) is 4.13. The largest absolute Gasteiger partial charge is 0.490 e. The zero-order valence-corrected chi connectivity index (χ0v) is 14.5. The molecule has 0 spiro atoms. The van der Waals surface area contributed by atoms with Gasteiger partial charge in [0.15, 0.2) is 17.5 Å². The van der Waals surface area contributed by atoms with E-state index in [9.17, 15) is 4.39 Å². The first-order chi connectivity index (χ1) is 12.2. The van der Waals surface area contributed by atoms with Gasteiger partial charge in [-0.25, -0.2) is 4.39 Å². The Kier molecular flexibility index (Phi) is 5.53. The van der Waals surface area contributed by atoms with E-state index in [1.54, 1.807) is 19.2 Å². The predicted molar refractivity (Wildman–Crippen MR) is 92.9 cm³/mol. The molecule has 0 amide bonds. The fourth-order valence-electron chi connectivity index (χ4n) is 2.38. The SMILES string of the molecule is CN=C(NCc1ccon1)NC(C)c1ccc(OCC2CC2)c(F)c1. The number of hydrogen-bond donors (Lipinski definition) is 2. The molecule has 3 rings (SSSR count). The highest BCUT2D eigenvalue weighted by atomic mass is 19.1. The van der Waals surface area contributed by atoms with E-state index in [-0.39, 0.29) is 11.9 Å². The molecule has 1 saturated carbocycles. The minimum absolute atomic E-state index is 0.115. The van der Waals surface area contributed by atoms with Crippen molar-refractivity contribution in [1.82, 2.24) is 15.8 Å². The second-order valence-electron chi connectivity index (χ2n) is 6.23. The lowest BCUT2D eigenvalue weighted by Crippen LogP contribution is -2.38. The van der Waals surface area contributed by atoms with Gasteiger partial charge in [0.2, 0.25) is 0 Å². The molecule has 1 aliphatic carbocycles. The van der Waals surface area contributed by atoms with Crippen molar-refractivity contribution in [3.63, 3.8) is 0 Å². The molecule has 0 radical (unpaired) electrons. The van der Waals surface area contributed by atoms with Gasteiger partial charge in [0.05, 0.1) is 19.2 Å². The summed E-state index contributed by atoms with van der Waals surface area (Å²) < 4.78 is 24.5. The average Bonchev–Trinajstić information content (AvgIpc) is 3.30. The smallest absolute Gasteiger partial charge is 0.191 e. The van der Waals surface area contributed by atoms with Crippen LogP contribution >= 0.6 is 0 Å². The number of nitrogens with zero attached hydrogens (tertiary/aromatic N) is 2. The summed E-state index contributed by atoms with van der Waals surface area (Å²) in [5.41, 5.74) is 1.60. The van der Waals surface area contributed by atoms with Gasteiger partial charge in [0.25, 0.3) is 0 Å². The van der Waals surface area contributed by atoms with Crippen LogP contribution in [-0.4, -0.2) is 24.8 Å². The van der Waals surface area contributed by atoms with E-state index >= 15 is 0 Å². The maximum absolute atomic E-state index is 14.2. The van der Waals surface area contributed by atoms with Crippen LogP contribution in [0.3, 0.4) is 0 Å². The Morgan fingerprint density at radius 3 is 2.92 bits per heavy atom. The Balaban J connectivity index is 1.55. The van der Waals surface area contributed by atoms with E-state index < -0.39 is 0 Å². The van der Waals surface area contributed by atoms with Crippen LogP contribution in [-0.2, 0) is 6.54 Å². The lowest BCUT2D eigenvalue weighted by atomic mass is 10.1. The van der Waals surface area contributed by atoms with Crippen molar-refractivity contribution >= 4 is 5.96 Å². The summed E-state index contributed by atoms with van der Waals surface area (Å²) in [6.45, 7) is 3.04. The van der Waals surface area contributed by atoms with Crippen molar-refractivity contribution in [3.8, 4) is 5.75 Å². The van der Waals surface area contributed by atoms with Gasteiger partial charge >= 0.3 is 0 Å². The molecule has 1 aromatic carbocycles. The van der Waals surface area contributed by atoms with Crippen LogP contribution in [0.2, 0.25) is 0 Å². The van der Waals surface area contributed by atoms with Crippen molar-refractivity contribution < 1.29 is 13.7 Å². The molecule has 2 N–H and O–H groups in total. The van der Waals surface area contributed by atoms with Gasteiger partial charge < -0.3 is 19.9 Å². The minimum atomic E-state index is -0.336. The van der Waals surface area contributed by atoms with Crippen LogP contribution in [0.15, 0.2) is 40.0 Å². The van der Waals surface area contributed by atoms with Crippen molar-refractivity contribution in [2.24, 2.45) is 10.9 Å². The Morgan fingerprint density at radius 1 is 1.44 bits per heavy atom. The first-order valence-electron chi connectivity index (χ1n) is 8.44. The molecule has 1 atom stereocenters. The summed E-state index contributed by atoms with van der Waals surface area (Å²) >= 11 is 0. The number of nitrogens with one attached hydrogen (secondary N) is 2. The van der Waals surface area contributed by atoms with Crippen molar-refractivity contribution in [1.29, 1.82) is 0 Å². The number of rotatable bonds is 7. The number of halogens is 1. The van der Waals surface area contributed by atoms with Gasteiger partial charge in [-0.15, -0.1) is 0 Å². The number of ether oxygens (including phenoxy) is 1. The van der Waals surface area contributed by atoms with Crippen LogP contribution in [0.25, 0.3) is 0 Å². The summed E-state index contributed by atoms with van der Waals surface area (Å²) in [6, 6.07) is 6.73. The summed E-state index contributed by atoms with van der Waals surface area (Å²) in [5.74, 6) is 1.18. The van der Waals surface area contributed by atoms with E-state index in [4.69, 9.17) is 9.26 Å². The standard InChI is InChI=1S/C18H23FN4O2/c1-12(22-18(20-2)21-10-15-7-8-25-23-15)14-5-6-17(16(19)9-14)24-11-13-3-4-13/h5-9,12-13H,3-4,10-11H2,1-2H3,(H2,20,21,22). The number of aromatic nitrogens is 1. The lowest BCUT2D eigenvalue weighted by molar-refractivity contribution is 0.285. The molecule has 1 aromatic heterocycles. The minimum Gasteiger partial charge on any atom is -0.490 e. The molecule has 1 heterocycles. The van der Waals surface area contributed by atoms with Crippen LogP contribution < -0.4 is 15.4 Å². The fraction of sp³-hybridized carbons (Fsp3) is 0.444.